The number of sulfonamides is 1. The summed E-state index contributed by atoms with van der Waals surface area (Å²) in [6.07, 6.45) is 2.21. The van der Waals surface area contributed by atoms with Crippen LogP contribution in [0.4, 0.5) is 10.8 Å². The molecule has 29 heavy (non-hydrogen) atoms. The van der Waals surface area contributed by atoms with Gasteiger partial charge in [-0.3, -0.25) is 9.10 Å². The Morgan fingerprint density at radius 3 is 2.69 bits per heavy atom. The molecule has 0 spiro atoms. The molecule has 6 nitrogen and oxygen atoms in total. The lowest BCUT2D eigenvalue weighted by Crippen LogP contribution is -2.27. The predicted molar refractivity (Wildman–Crippen MR) is 117 cm³/mol. The molecule has 3 aromatic rings. The van der Waals surface area contributed by atoms with E-state index in [-0.39, 0.29) is 5.91 Å². The van der Waals surface area contributed by atoms with Crippen molar-refractivity contribution < 1.29 is 13.2 Å². The van der Waals surface area contributed by atoms with Crippen molar-refractivity contribution in [2.45, 2.75) is 19.8 Å². The van der Waals surface area contributed by atoms with E-state index in [1.54, 1.807) is 0 Å². The fourth-order valence-electron chi connectivity index (χ4n) is 3.53. The average molecular weight is 428 g/mol. The lowest BCUT2D eigenvalue weighted by atomic mass is 10.1. The van der Waals surface area contributed by atoms with Gasteiger partial charge in [-0.2, -0.15) is 0 Å². The molecule has 0 fully saturated rings. The van der Waals surface area contributed by atoms with Crippen LogP contribution in [-0.2, 0) is 27.7 Å². The molecule has 0 bridgehead atoms. The molecule has 2 aromatic carbocycles. The van der Waals surface area contributed by atoms with Gasteiger partial charge in [-0.15, -0.1) is 11.3 Å². The number of fused-ring (bicyclic) bond motifs is 1. The molecule has 0 saturated carbocycles. The monoisotopic (exact) mass is 427 g/mol. The largest absolute Gasteiger partial charge is 0.302 e. The smallest absolute Gasteiger partial charge is 0.232 e. The van der Waals surface area contributed by atoms with Gasteiger partial charge in [0.2, 0.25) is 15.9 Å². The fraction of sp³-hybridized carbons (Fsp3) is 0.238. The van der Waals surface area contributed by atoms with Gasteiger partial charge in [0.25, 0.3) is 0 Å². The number of nitrogens with zero attached hydrogens (tertiary/aromatic N) is 2. The van der Waals surface area contributed by atoms with Crippen molar-refractivity contribution in [3.05, 3.63) is 64.5 Å². The molecule has 1 aliphatic heterocycles. The maximum Gasteiger partial charge on any atom is 0.232 e. The zero-order valence-electron chi connectivity index (χ0n) is 16.2. The number of benzene rings is 2. The first kappa shape index (κ1) is 19.6. The van der Waals surface area contributed by atoms with Gasteiger partial charge in [0.1, 0.15) is 0 Å². The molecule has 2 heterocycles. The van der Waals surface area contributed by atoms with Crippen LogP contribution in [0.2, 0.25) is 0 Å². The molecule has 1 N–H and O–H groups in total. The molecule has 4 rings (SSSR count). The van der Waals surface area contributed by atoms with E-state index in [1.807, 2.05) is 55.5 Å². The highest BCUT2D eigenvalue weighted by Crippen LogP contribution is 2.36. The number of carbonyl (C=O) groups is 1. The number of amides is 1. The highest BCUT2D eigenvalue weighted by molar-refractivity contribution is 7.92. The van der Waals surface area contributed by atoms with E-state index in [2.05, 4.69) is 10.3 Å². The van der Waals surface area contributed by atoms with Gasteiger partial charge >= 0.3 is 0 Å². The molecular weight excluding hydrogens is 406 g/mol. The molecule has 0 unspecified atom stereocenters. The van der Waals surface area contributed by atoms with Gasteiger partial charge < -0.3 is 5.32 Å². The van der Waals surface area contributed by atoms with Crippen molar-refractivity contribution in [3.8, 4) is 11.3 Å². The van der Waals surface area contributed by atoms with Crippen molar-refractivity contribution in [2.75, 3.05) is 22.4 Å². The summed E-state index contributed by atoms with van der Waals surface area (Å²) in [4.78, 5) is 17.9. The van der Waals surface area contributed by atoms with Crippen LogP contribution in [0.25, 0.3) is 11.3 Å². The summed E-state index contributed by atoms with van der Waals surface area (Å²) < 4.78 is 25.3. The normalized spacial score (nSPS) is 13.4. The van der Waals surface area contributed by atoms with Gasteiger partial charge in [-0.25, -0.2) is 13.4 Å². The quantitative estimate of drug-likeness (QED) is 0.674. The van der Waals surface area contributed by atoms with Gasteiger partial charge in [0.05, 0.1) is 24.1 Å². The van der Waals surface area contributed by atoms with Crippen LogP contribution in [0.1, 0.15) is 16.0 Å². The minimum Gasteiger partial charge on any atom is -0.302 e. The molecular formula is C21H21N3O3S2. The molecule has 150 valence electrons. The number of aromatic nitrogens is 1. The Labute approximate surface area is 174 Å². The molecule has 0 aliphatic carbocycles. The summed E-state index contributed by atoms with van der Waals surface area (Å²) in [7, 11) is -3.26. The van der Waals surface area contributed by atoms with Gasteiger partial charge in [-0.05, 0) is 36.6 Å². The van der Waals surface area contributed by atoms with Crippen LogP contribution in [0.3, 0.4) is 0 Å². The summed E-state index contributed by atoms with van der Waals surface area (Å²) in [6.45, 7) is 2.43. The molecule has 0 saturated heterocycles. The standard InChI is InChI=1S/C21H21N3O3S2/c1-14-20(17-8-9-18-16(13-17)10-11-24(18)29(2,26)27)23-21(28-14)22-19(25)12-15-6-4-3-5-7-15/h3-9,13H,10-12H2,1-2H3,(H,22,23,25). The number of hydrogen-bond acceptors (Lipinski definition) is 5. The second-order valence-corrected chi connectivity index (χ2v) is 10.2. The molecule has 1 amide bonds. The third-order valence-electron chi connectivity index (χ3n) is 4.86. The summed E-state index contributed by atoms with van der Waals surface area (Å²) >= 11 is 1.44. The Morgan fingerprint density at radius 2 is 1.97 bits per heavy atom. The van der Waals surface area contributed by atoms with Gasteiger partial charge in [-0.1, -0.05) is 36.4 Å². The fourth-order valence-corrected chi connectivity index (χ4v) is 5.34. The SMILES string of the molecule is Cc1sc(NC(=O)Cc2ccccc2)nc1-c1ccc2c(c1)CCN2S(C)(=O)=O. The summed E-state index contributed by atoms with van der Waals surface area (Å²) in [6, 6.07) is 15.3. The van der Waals surface area contributed by atoms with Crippen molar-refractivity contribution >= 4 is 38.1 Å². The van der Waals surface area contributed by atoms with Crippen molar-refractivity contribution in [3.63, 3.8) is 0 Å². The third-order valence-corrected chi connectivity index (χ3v) is 6.92. The zero-order valence-corrected chi connectivity index (χ0v) is 17.8. The minimum atomic E-state index is -3.26. The van der Waals surface area contributed by atoms with Crippen LogP contribution < -0.4 is 9.62 Å². The van der Waals surface area contributed by atoms with E-state index in [9.17, 15) is 13.2 Å². The second kappa shape index (κ2) is 7.61. The van der Waals surface area contributed by atoms with E-state index >= 15 is 0 Å². The molecule has 1 aliphatic rings. The lowest BCUT2D eigenvalue weighted by Gasteiger charge is -2.16. The van der Waals surface area contributed by atoms with E-state index in [0.29, 0.717) is 24.5 Å². The van der Waals surface area contributed by atoms with Crippen molar-refractivity contribution in [1.82, 2.24) is 4.98 Å². The first-order valence-corrected chi connectivity index (χ1v) is 11.9. The van der Waals surface area contributed by atoms with Crippen LogP contribution in [-0.4, -0.2) is 32.1 Å². The number of carbonyl (C=O) groups excluding carboxylic acids is 1. The summed E-state index contributed by atoms with van der Waals surface area (Å²) in [5.41, 5.74) is 4.42. The maximum absolute atomic E-state index is 12.3. The molecule has 0 radical (unpaired) electrons. The van der Waals surface area contributed by atoms with Gasteiger partial charge in [0.15, 0.2) is 5.13 Å². The van der Waals surface area contributed by atoms with Crippen LogP contribution >= 0.6 is 11.3 Å². The Kier molecular flexibility index (Phi) is 5.14. The topological polar surface area (TPSA) is 79.4 Å². The Hall–Kier alpha value is -2.71. The number of hydrogen-bond donors (Lipinski definition) is 1. The summed E-state index contributed by atoms with van der Waals surface area (Å²) in [5, 5.41) is 3.45. The van der Waals surface area contributed by atoms with E-state index < -0.39 is 10.0 Å². The van der Waals surface area contributed by atoms with Crippen molar-refractivity contribution in [1.29, 1.82) is 0 Å². The van der Waals surface area contributed by atoms with E-state index in [4.69, 9.17) is 0 Å². The van der Waals surface area contributed by atoms with Crippen LogP contribution in [0, 0.1) is 6.92 Å². The predicted octanol–water partition coefficient (Wildman–Crippen LogP) is 3.62. The number of thiazole rings is 1. The Morgan fingerprint density at radius 1 is 1.21 bits per heavy atom. The third kappa shape index (κ3) is 4.18. The first-order valence-electron chi connectivity index (χ1n) is 9.23. The Balaban J connectivity index is 1.54. The number of aryl methyl sites for hydroxylation is 1. The lowest BCUT2D eigenvalue weighted by molar-refractivity contribution is -0.115. The highest BCUT2D eigenvalue weighted by atomic mass is 32.2. The minimum absolute atomic E-state index is 0.103. The Bertz CT molecular complexity index is 1170. The average Bonchev–Trinajstić information content (AvgIpc) is 3.25. The molecule has 1 aromatic heterocycles. The zero-order chi connectivity index (χ0) is 20.6. The first-order chi connectivity index (χ1) is 13.8. The number of anilines is 2. The second-order valence-electron chi connectivity index (χ2n) is 7.06. The van der Waals surface area contributed by atoms with Crippen LogP contribution in [0.5, 0.6) is 0 Å². The summed E-state index contributed by atoms with van der Waals surface area (Å²) in [5.74, 6) is -0.103. The number of rotatable bonds is 5. The highest BCUT2D eigenvalue weighted by Gasteiger charge is 2.26. The molecule has 0 atom stereocenters. The molecule has 8 heteroatoms. The van der Waals surface area contributed by atoms with E-state index in [0.717, 1.165) is 32.9 Å². The number of nitrogens with one attached hydrogen (secondary N) is 1. The van der Waals surface area contributed by atoms with Crippen LogP contribution in [0.15, 0.2) is 48.5 Å². The van der Waals surface area contributed by atoms with Gasteiger partial charge in [0, 0.05) is 17.0 Å². The maximum atomic E-state index is 12.3. The van der Waals surface area contributed by atoms with E-state index in [1.165, 1.54) is 21.9 Å². The van der Waals surface area contributed by atoms with Crippen molar-refractivity contribution in [2.24, 2.45) is 0 Å².